The van der Waals surface area contributed by atoms with Crippen molar-refractivity contribution in [3.05, 3.63) is 35.1 Å². The highest BCUT2D eigenvalue weighted by atomic mass is 15.3. The van der Waals surface area contributed by atoms with Crippen LogP contribution in [-0.2, 0) is 6.54 Å². The Labute approximate surface area is 131 Å². The summed E-state index contributed by atoms with van der Waals surface area (Å²) in [4.78, 5) is 4.60. The van der Waals surface area contributed by atoms with Gasteiger partial charge in [-0.25, -0.2) is 0 Å². The lowest BCUT2D eigenvalue weighted by molar-refractivity contribution is 0.682. The fraction of sp³-hybridized carbons (Fsp3) is 0.438. The molecule has 1 aliphatic rings. The highest BCUT2D eigenvalue weighted by molar-refractivity contribution is 5.97. The Hall–Kier alpha value is -2.39. The number of unbranched alkanes of at least 4 members (excludes halogenated alkanes) is 1. The van der Waals surface area contributed by atoms with Crippen molar-refractivity contribution in [2.24, 2.45) is 10.7 Å². The van der Waals surface area contributed by atoms with E-state index in [4.69, 9.17) is 12.2 Å². The van der Waals surface area contributed by atoms with E-state index in [1.165, 1.54) is 0 Å². The highest BCUT2D eigenvalue weighted by Crippen LogP contribution is 2.13. The van der Waals surface area contributed by atoms with Gasteiger partial charge in [0.15, 0.2) is 11.7 Å². The molecule has 0 aliphatic carbocycles. The molecule has 0 fully saturated rings. The molecular weight excluding hydrogens is 276 g/mol. The summed E-state index contributed by atoms with van der Waals surface area (Å²) in [6.45, 7) is 5.93. The van der Waals surface area contributed by atoms with E-state index < -0.39 is 0 Å². The maximum atomic E-state index is 5.51. The highest BCUT2D eigenvalue weighted by Gasteiger charge is 2.21. The topological polar surface area (TPSA) is 81.1 Å². The number of aliphatic imine (C=N–C) groups is 1. The van der Waals surface area contributed by atoms with Crippen molar-refractivity contribution in [1.29, 1.82) is 0 Å². The molecule has 0 spiro atoms. The molecule has 1 aromatic heterocycles. The van der Waals surface area contributed by atoms with Crippen LogP contribution in [-0.4, -0.2) is 33.7 Å². The monoisotopic (exact) mass is 298 g/mol. The van der Waals surface area contributed by atoms with Crippen molar-refractivity contribution >= 4 is 5.84 Å². The Kier molecular flexibility index (Phi) is 5.50. The number of nitrogens with one attached hydrogen (secondary N) is 1. The third-order valence-electron chi connectivity index (χ3n) is 3.40. The zero-order chi connectivity index (χ0) is 15.9. The third kappa shape index (κ3) is 3.83. The summed E-state index contributed by atoms with van der Waals surface area (Å²) in [6.07, 6.45) is 11.2. The summed E-state index contributed by atoms with van der Waals surface area (Å²) in [5.41, 5.74) is 7.40. The molecule has 6 heteroatoms. The Balaban J connectivity index is 2.24. The van der Waals surface area contributed by atoms with Gasteiger partial charge in [-0.1, -0.05) is 5.92 Å². The number of allylic oxidation sites excluding steroid dienone is 4. The number of hydrogen-bond donors (Lipinski definition) is 2. The molecule has 0 saturated carbocycles. The third-order valence-corrected chi connectivity index (χ3v) is 3.40. The van der Waals surface area contributed by atoms with Crippen LogP contribution in [0.15, 0.2) is 28.4 Å². The van der Waals surface area contributed by atoms with Gasteiger partial charge in [0, 0.05) is 12.2 Å². The molecule has 0 bridgehead atoms. The van der Waals surface area contributed by atoms with E-state index >= 15 is 0 Å². The Morgan fingerprint density at radius 1 is 1.50 bits per heavy atom. The minimum atomic E-state index is 0.685. The van der Waals surface area contributed by atoms with Crippen molar-refractivity contribution in [3.63, 3.8) is 0 Å². The molecule has 0 atom stereocenters. The second-order valence-corrected chi connectivity index (χ2v) is 5.19. The van der Waals surface area contributed by atoms with Crippen molar-refractivity contribution in [2.75, 3.05) is 13.1 Å². The first-order valence-electron chi connectivity index (χ1n) is 7.41. The molecule has 2 heterocycles. The lowest BCUT2D eigenvalue weighted by atomic mass is 10.2. The predicted octanol–water partition coefficient (Wildman–Crippen LogP) is 1.14. The minimum absolute atomic E-state index is 0.685. The van der Waals surface area contributed by atoms with Crippen molar-refractivity contribution in [1.82, 2.24) is 20.1 Å². The summed E-state index contributed by atoms with van der Waals surface area (Å²) < 4.78 is 2.04. The molecular formula is C16H22N6. The second kappa shape index (κ2) is 7.57. The van der Waals surface area contributed by atoms with Crippen molar-refractivity contribution < 1.29 is 0 Å². The van der Waals surface area contributed by atoms with E-state index in [-0.39, 0.29) is 0 Å². The Morgan fingerprint density at radius 3 is 3.05 bits per heavy atom. The number of aryl methyl sites for hydroxylation is 1. The van der Waals surface area contributed by atoms with Crippen molar-refractivity contribution in [3.8, 4) is 12.3 Å². The largest absolute Gasteiger partial charge is 0.339 e. The number of fused-ring (bicyclic) bond motifs is 1. The summed E-state index contributed by atoms with van der Waals surface area (Å²) in [6, 6.07) is 0. The molecule has 3 N–H and O–H groups in total. The van der Waals surface area contributed by atoms with E-state index in [0.29, 0.717) is 13.1 Å². The second-order valence-electron chi connectivity index (χ2n) is 5.19. The van der Waals surface area contributed by atoms with Gasteiger partial charge < -0.3 is 15.6 Å². The average Bonchev–Trinajstić information content (AvgIpc) is 2.90. The number of amidine groups is 1. The van der Waals surface area contributed by atoms with E-state index in [1.807, 2.05) is 30.6 Å². The summed E-state index contributed by atoms with van der Waals surface area (Å²) in [5.74, 6) is 5.00. The van der Waals surface area contributed by atoms with Gasteiger partial charge in [0.05, 0.1) is 6.54 Å². The van der Waals surface area contributed by atoms with E-state index in [9.17, 15) is 0 Å². The zero-order valence-electron chi connectivity index (χ0n) is 13.1. The van der Waals surface area contributed by atoms with Gasteiger partial charge in [0.25, 0.3) is 0 Å². The maximum Gasteiger partial charge on any atom is 0.199 e. The first-order valence-corrected chi connectivity index (χ1v) is 7.41. The quantitative estimate of drug-likeness (QED) is 0.631. The fourth-order valence-corrected chi connectivity index (χ4v) is 2.09. The molecule has 0 amide bonds. The van der Waals surface area contributed by atoms with Crippen LogP contribution in [0, 0.1) is 19.3 Å². The number of hydrogen-bond acceptors (Lipinski definition) is 4. The molecule has 1 aromatic rings. The molecule has 22 heavy (non-hydrogen) atoms. The zero-order valence-corrected chi connectivity index (χ0v) is 13.1. The molecule has 0 aromatic carbocycles. The Bertz CT molecular complexity index is 657. The SMILES string of the molecule is C#C/C(C)=C\C=C1/Cn2c(C)nnc2C(=NCCCCN)N1. The van der Waals surface area contributed by atoms with Crippen LogP contribution in [0.5, 0.6) is 0 Å². The summed E-state index contributed by atoms with van der Waals surface area (Å²) in [5, 5.41) is 11.7. The first-order chi connectivity index (χ1) is 10.7. The van der Waals surface area contributed by atoms with Crippen LogP contribution in [0.1, 0.15) is 31.4 Å². The van der Waals surface area contributed by atoms with Gasteiger partial charge >= 0.3 is 0 Å². The van der Waals surface area contributed by atoms with Gasteiger partial charge in [-0.05, 0) is 51.0 Å². The van der Waals surface area contributed by atoms with Crippen LogP contribution in [0.4, 0.5) is 0 Å². The maximum absolute atomic E-state index is 5.51. The fourth-order valence-electron chi connectivity index (χ4n) is 2.09. The lowest BCUT2D eigenvalue weighted by Crippen LogP contribution is -2.35. The van der Waals surface area contributed by atoms with Gasteiger partial charge in [-0.3, -0.25) is 4.99 Å². The van der Waals surface area contributed by atoms with Crippen LogP contribution in [0.25, 0.3) is 0 Å². The van der Waals surface area contributed by atoms with Gasteiger partial charge in [-0.15, -0.1) is 16.6 Å². The standard InChI is InChI=1S/C16H22N6/c1-4-12(2)7-8-14-11-22-13(3)20-21-16(22)15(19-14)18-10-6-5-9-17/h1,7-8H,5-6,9-11,17H2,2-3H3,(H,18,19)/b12-7-,14-8+. The summed E-state index contributed by atoms with van der Waals surface area (Å²) in [7, 11) is 0. The average molecular weight is 298 g/mol. The van der Waals surface area contributed by atoms with Crippen LogP contribution >= 0.6 is 0 Å². The van der Waals surface area contributed by atoms with Crippen LogP contribution in [0.2, 0.25) is 0 Å². The van der Waals surface area contributed by atoms with Gasteiger partial charge in [-0.2, -0.15) is 0 Å². The predicted molar refractivity (Wildman–Crippen MR) is 88.3 cm³/mol. The number of nitrogens with two attached hydrogens (primary N) is 1. The molecule has 1 aliphatic heterocycles. The summed E-state index contributed by atoms with van der Waals surface area (Å²) >= 11 is 0. The molecule has 116 valence electrons. The van der Waals surface area contributed by atoms with E-state index in [2.05, 4.69) is 26.4 Å². The lowest BCUT2D eigenvalue weighted by Gasteiger charge is -2.21. The normalized spacial score (nSPS) is 18.2. The molecule has 0 unspecified atom stereocenters. The minimum Gasteiger partial charge on any atom is -0.339 e. The van der Waals surface area contributed by atoms with E-state index in [0.717, 1.165) is 48.1 Å². The number of aromatic nitrogens is 3. The van der Waals surface area contributed by atoms with Gasteiger partial charge in [0.2, 0.25) is 0 Å². The van der Waals surface area contributed by atoms with Crippen LogP contribution < -0.4 is 11.1 Å². The van der Waals surface area contributed by atoms with Crippen molar-refractivity contribution in [2.45, 2.75) is 33.2 Å². The first kappa shape index (κ1) is 16.0. The molecule has 0 radical (unpaired) electrons. The molecule has 0 saturated heterocycles. The number of nitrogens with zero attached hydrogens (tertiary/aromatic N) is 4. The molecule has 6 nitrogen and oxygen atoms in total. The molecule has 2 rings (SSSR count). The number of rotatable bonds is 5. The van der Waals surface area contributed by atoms with Crippen LogP contribution in [0.3, 0.4) is 0 Å². The van der Waals surface area contributed by atoms with Gasteiger partial charge in [0.1, 0.15) is 5.82 Å². The van der Waals surface area contributed by atoms with E-state index in [1.54, 1.807) is 0 Å². The number of terminal acetylenes is 1. The smallest absolute Gasteiger partial charge is 0.199 e. The Morgan fingerprint density at radius 2 is 2.32 bits per heavy atom.